The van der Waals surface area contributed by atoms with Crippen LogP contribution in [0.15, 0.2) is 24.3 Å². The number of hydrogen-bond donors (Lipinski definition) is 1. The van der Waals surface area contributed by atoms with Gasteiger partial charge in [0.05, 0.1) is 10.3 Å². The van der Waals surface area contributed by atoms with Crippen molar-refractivity contribution in [2.45, 2.75) is 39.8 Å². The van der Waals surface area contributed by atoms with Gasteiger partial charge in [-0.2, -0.15) is 0 Å². The lowest BCUT2D eigenvalue weighted by Gasteiger charge is -2.39. The van der Waals surface area contributed by atoms with Crippen LogP contribution in [0.1, 0.15) is 33.3 Å². The van der Waals surface area contributed by atoms with E-state index in [-0.39, 0.29) is 11.6 Å². The van der Waals surface area contributed by atoms with E-state index in [4.69, 9.17) is 5.73 Å². The molecule has 0 bridgehead atoms. The molecule has 0 aliphatic heterocycles. The zero-order valence-corrected chi connectivity index (χ0v) is 13.2. The Balaban J connectivity index is 2.91. The molecule has 0 saturated heterocycles. The van der Waals surface area contributed by atoms with Gasteiger partial charge < -0.3 is 10.6 Å². The topological polar surface area (TPSA) is 89.5 Å². The maximum atomic E-state index is 12.5. The number of nitro benzene ring substituents is 1. The number of carbonyl (C=O) groups excluding carboxylic acids is 1. The van der Waals surface area contributed by atoms with Gasteiger partial charge in [0, 0.05) is 31.3 Å². The molecule has 0 unspecified atom stereocenters. The lowest BCUT2D eigenvalue weighted by Crippen LogP contribution is -2.55. The van der Waals surface area contributed by atoms with Gasteiger partial charge in [0.25, 0.3) is 5.69 Å². The molecule has 0 spiro atoms. The van der Waals surface area contributed by atoms with Crippen LogP contribution >= 0.6 is 0 Å². The van der Waals surface area contributed by atoms with Crippen molar-refractivity contribution >= 4 is 11.6 Å². The molecule has 0 aliphatic carbocycles. The highest BCUT2D eigenvalue weighted by Gasteiger charge is 2.41. The van der Waals surface area contributed by atoms with Gasteiger partial charge in [-0.25, -0.2) is 0 Å². The fourth-order valence-corrected chi connectivity index (χ4v) is 1.87. The Bertz CT molecular complexity index is 547. The predicted octanol–water partition coefficient (Wildman–Crippen LogP) is 2.32. The van der Waals surface area contributed by atoms with E-state index in [1.54, 1.807) is 37.9 Å². The third-order valence-electron chi connectivity index (χ3n) is 4.03. The van der Waals surface area contributed by atoms with Crippen molar-refractivity contribution in [2.24, 2.45) is 11.1 Å². The second kappa shape index (κ2) is 5.81. The third-order valence-corrected chi connectivity index (χ3v) is 4.03. The number of nitrogens with two attached hydrogens (primary N) is 1. The van der Waals surface area contributed by atoms with Crippen LogP contribution in [0.3, 0.4) is 0 Å². The number of hydrogen-bond acceptors (Lipinski definition) is 4. The van der Waals surface area contributed by atoms with Crippen LogP contribution in [0.25, 0.3) is 0 Å². The Labute approximate surface area is 125 Å². The smallest absolute Gasteiger partial charge is 0.269 e. The summed E-state index contributed by atoms with van der Waals surface area (Å²) in [5.74, 6) is -0.0958. The first-order valence-corrected chi connectivity index (χ1v) is 6.74. The van der Waals surface area contributed by atoms with Gasteiger partial charge in [0.15, 0.2) is 0 Å². The molecule has 6 nitrogen and oxygen atoms in total. The fraction of sp³-hybridized carbons (Fsp3) is 0.533. The first-order valence-electron chi connectivity index (χ1n) is 6.74. The molecule has 1 rings (SSSR count). The van der Waals surface area contributed by atoms with Crippen LogP contribution in [0.2, 0.25) is 0 Å². The van der Waals surface area contributed by atoms with Crippen LogP contribution in [-0.4, -0.2) is 28.3 Å². The quantitative estimate of drug-likeness (QED) is 0.666. The Morgan fingerprint density at radius 2 is 1.90 bits per heavy atom. The maximum absolute atomic E-state index is 12.5. The summed E-state index contributed by atoms with van der Waals surface area (Å²) in [4.78, 5) is 24.4. The standard InChI is InChI=1S/C15H23N3O3/c1-14(2,15(3,4)16)13(19)17(5)10-11-7-6-8-12(9-11)18(20)21/h6-9H,10,16H2,1-5H3. The van der Waals surface area contributed by atoms with Crippen LogP contribution in [0.4, 0.5) is 5.69 Å². The molecule has 0 aromatic heterocycles. The molecular formula is C15H23N3O3. The van der Waals surface area contributed by atoms with Crippen molar-refractivity contribution in [1.29, 1.82) is 0 Å². The number of benzene rings is 1. The minimum Gasteiger partial charge on any atom is -0.341 e. The van der Waals surface area contributed by atoms with Crippen molar-refractivity contribution in [2.75, 3.05) is 7.05 Å². The highest BCUT2D eigenvalue weighted by molar-refractivity contribution is 5.83. The van der Waals surface area contributed by atoms with Crippen molar-refractivity contribution < 1.29 is 9.72 Å². The molecule has 1 aromatic rings. The molecular weight excluding hydrogens is 270 g/mol. The number of amides is 1. The molecule has 0 radical (unpaired) electrons. The van der Waals surface area contributed by atoms with E-state index in [9.17, 15) is 14.9 Å². The van der Waals surface area contributed by atoms with Gasteiger partial charge in [0.2, 0.25) is 5.91 Å². The van der Waals surface area contributed by atoms with E-state index in [1.807, 2.05) is 13.8 Å². The summed E-state index contributed by atoms with van der Waals surface area (Å²) in [6, 6.07) is 6.28. The fourth-order valence-electron chi connectivity index (χ4n) is 1.87. The monoisotopic (exact) mass is 293 g/mol. The van der Waals surface area contributed by atoms with Crippen molar-refractivity contribution in [3.05, 3.63) is 39.9 Å². The summed E-state index contributed by atoms with van der Waals surface area (Å²) in [5, 5.41) is 10.8. The largest absolute Gasteiger partial charge is 0.341 e. The SMILES string of the molecule is CN(Cc1cccc([N+](=O)[O-])c1)C(=O)C(C)(C)C(C)(C)N. The predicted molar refractivity (Wildman–Crippen MR) is 81.6 cm³/mol. The Morgan fingerprint density at radius 3 is 2.38 bits per heavy atom. The minimum atomic E-state index is -0.734. The number of carbonyl (C=O) groups is 1. The lowest BCUT2D eigenvalue weighted by atomic mass is 9.74. The van der Waals surface area contributed by atoms with Gasteiger partial charge in [-0.1, -0.05) is 12.1 Å². The van der Waals surface area contributed by atoms with E-state index < -0.39 is 15.9 Å². The highest BCUT2D eigenvalue weighted by Crippen LogP contribution is 2.30. The first kappa shape index (κ1) is 17.1. The van der Waals surface area contributed by atoms with Crippen molar-refractivity contribution in [1.82, 2.24) is 4.90 Å². The third kappa shape index (κ3) is 3.78. The number of rotatable bonds is 5. The van der Waals surface area contributed by atoms with E-state index >= 15 is 0 Å². The number of non-ortho nitro benzene ring substituents is 1. The zero-order valence-electron chi connectivity index (χ0n) is 13.2. The van der Waals surface area contributed by atoms with E-state index in [2.05, 4.69) is 0 Å². The zero-order chi connectivity index (χ0) is 16.4. The average Bonchev–Trinajstić information content (AvgIpc) is 2.36. The van der Waals surface area contributed by atoms with Gasteiger partial charge in [-0.05, 0) is 33.3 Å². The molecule has 0 heterocycles. The van der Waals surface area contributed by atoms with Crippen LogP contribution in [0, 0.1) is 15.5 Å². The second-order valence-corrected chi connectivity index (χ2v) is 6.43. The van der Waals surface area contributed by atoms with Crippen LogP contribution in [0.5, 0.6) is 0 Å². The molecule has 1 amide bonds. The highest BCUT2D eigenvalue weighted by atomic mass is 16.6. The number of nitrogens with zero attached hydrogens (tertiary/aromatic N) is 2. The molecule has 0 saturated carbocycles. The second-order valence-electron chi connectivity index (χ2n) is 6.43. The van der Waals surface area contributed by atoms with E-state index in [0.717, 1.165) is 0 Å². The molecule has 0 aliphatic rings. The van der Waals surface area contributed by atoms with E-state index in [0.29, 0.717) is 12.1 Å². The molecule has 21 heavy (non-hydrogen) atoms. The molecule has 2 N–H and O–H groups in total. The van der Waals surface area contributed by atoms with Gasteiger partial charge in [-0.3, -0.25) is 14.9 Å². The molecule has 1 aromatic carbocycles. The number of nitro groups is 1. The first-order chi connectivity index (χ1) is 9.46. The average molecular weight is 293 g/mol. The summed E-state index contributed by atoms with van der Waals surface area (Å²) >= 11 is 0. The molecule has 0 fully saturated rings. The molecule has 116 valence electrons. The maximum Gasteiger partial charge on any atom is 0.269 e. The van der Waals surface area contributed by atoms with Crippen LogP contribution < -0.4 is 5.73 Å². The van der Waals surface area contributed by atoms with Crippen LogP contribution in [-0.2, 0) is 11.3 Å². The molecule has 6 heteroatoms. The lowest BCUT2D eigenvalue weighted by molar-refractivity contribution is -0.384. The summed E-state index contributed by atoms with van der Waals surface area (Å²) < 4.78 is 0. The summed E-state index contributed by atoms with van der Waals surface area (Å²) in [6.07, 6.45) is 0. The van der Waals surface area contributed by atoms with Gasteiger partial charge in [0.1, 0.15) is 0 Å². The Morgan fingerprint density at radius 1 is 1.33 bits per heavy atom. The summed E-state index contributed by atoms with van der Waals surface area (Å²) in [6.45, 7) is 7.54. The van der Waals surface area contributed by atoms with Crippen molar-refractivity contribution in [3.63, 3.8) is 0 Å². The Hall–Kier alpha value is -1.95. The van der Waals surface area contributed by atoms with Gasteiger partial charge in [-0.15, -0.1) is 0 Å². The van der Waals surface area contributed by atoms with Gasteiger partial charge >= 0.3 is 0 Å². The van der Waals surface area contributed by atoms with E-state index in [1.165, 1.54) is 12.1 Å². The van der Waals surface area contributed by atoms with Crippen molar-refractivity contribution in [3.8, 4) is 0 Å². The summed E-state index contributed by atoms with van der Waals surface area (Å²) in [7, 11) is 1.68. The summed E-state index contributed by atoms with van der Waals surface area (Å²) in [5.41, 5.74) is 5.41. The Kier molecular flexibility index (Phi) is 4.73. The normalized spacial score (nSPS) is 12.1. The minimum absolute atomic E-state index is 0.0202. The molecule has 0 atom stereocenters.